The number of halogens is 1. The molecule has 19 heavy (non-hydrogen) atoms. The topological polar surface area (TPSA) is 85.2 Å². The van der Waals surface area contributed by atoms with Crippen LogP contribution in [0.3, 0.4) is 0 Å². The van der Waals surface area contributed by atoms with Crippen molar-refractivity contribution in [1.82, 2.24) is 0 Å². The Bertz CT molecular complexity index is 474. The van der Waals surface area contributed by atoms with E-state index in [9.17, 15) is 15.0 Å². The fourth-order valence-corrected chi connectivity index (χ4v) is 2.33. The van der Waals surface area contributed by atoms with E-state index in [-0.39, 0.29) is 33.9 Å². The van der Waals surface area contributed by atoms with Gasteiger partial charge in [0.25, 0.3) is 0 Å². The molecule has 1 atom stereocenters. The molecule has 1 unspecified atom stereocenters. The zero-order valence-corrected chi connectivity index (χ0v) is 12.4. The van der Waals surface area contributed by atoms with E-state index < -0.39 is 12.1 Å². The van der Waals surface area contributed by atoms with Crippen LogP contribution in [0.4, 0.5) is 0 Å². The van der Waals surface area contributed by atoms with Crippen molar-refractivity contribution in [1.29, 1.82) is 0 Å². The SMILES string of the molecule is CCOC(=O)C(O)c1c(O)cc(OC)c(OC)c1Br. The number of rotatable bonds is 5. The van der Waals surface area contributed by atoms with E-state index in [4.69, 9.17) is 14.2 Å². The first-order chi connectivity index (χ1) is 8.97. The van der Waals surface area contributed by atoms with Gasteiger partial charge in [-0.25, -0.2) is 4.79 Å². The van der Waals surface area contributed by atoms with Crippen molar-refractivity contribution >= 4 is 21.9 Å². The molecular formula is C12H15BrO6. The molecular weight excluding hydrogens is 320 g/mol. The maximum Gasteiger partial charge on any atom is 0.339 e. The van der Waals surface area contributed by atoms with Crippen LogP contribution in [0.25, 0.3) is 0 Å². The van der Waals surface area contributed by atoms with Crippen LogP contribution < -0.4 is 9.47 Å². The molecule has 1 aromatic carbocycles. The van der Waals surface area contributed by atoms with Crippen LogP contribution in [-0.4, -0.2) is 37.0 Å². The summed E-state index contributed by atoms with van der Waals surface area (Å²) in [4.78, 5) is 11.5. The molecule has 0 aromatic heterocycles. The van der Waals surface area contributed by atoms with Crippen molar-refractivity contribution in [3.05, 3.63) is 16.1 Å². The van der Waals surface area contributed by atoms with E-state index in [1.165, 1.54) is 20.3 Å². The zero-order valence-electron chi connectivity index (χ0n) is 10.8. The first kappa shape index (κ1) is 15.6. The number of aliphatic hydroxyl groups is 1. The first-order valence-electron chi connectivity index (χ1n) is 5.45. The summed E-state index contributed by atoms with van der Waals surface area (Å²) in [6.45, 7) is 1.75. The zero-order chi connectivity index (χ0) is 14.6. The number of phenolic OH excluding ortho intramolecular Hbond substituents is 1. The van der Waals surface area contributed by atoms with E-state index in [0.29, 0.717) is 0 Å². The van der Waals surface area contributed by atoms with Gasteiger partial charge in [-0.05, 0) is 22.9 Å². The number of phenols is 1. The number of benzene rings is 1. The molecule has 1 aromatic rings. The van der Waals surface area contributed by atoms with Crippen LogP contribution >= 0.6 is 15.9 Å². The molecule has 0 saturated carbocycles. The molecule has 6 nitrogen and oxygen atoms in total. The Labute approximate surface area is 119 Å². The van der Waals surface area contributed by atoms with Crippen LogP contribution in [0.15, 0.2) is 10.5 Å². The smallest absolute Gasteiger partial charge is 0.339 e. The summed E-state index contributed by atoms with van der Waals surface area (Å²) in [6, 6.07) is 1.25. The van der Waals surface area contributed by atoms with Crippen molar-refractivity contribution in [2.24, 2.45) is 0 Å². The minimum Gasteiger partial charge on any atom is -0.507 e. The van der Waals surface area contributed by atoms with E-state index in [1.807, 2.05) is 0 Å². The maximum absolute atomic E-state index is 11.5. The Hall–Kier alpha value is -1.47. The van der Waals surface area contributed by atoms with Gasteiger partial charge in [-0.2, -0.15) is 0 Å². The summed E-state index contributed by atoms with van der Waals surface area (Å²) in [7, 11) is 2.81. The summed E-state index contributed by atoms with van der Waals surface area (Å²) in [5, 5.41) is 19.8. The minimum atomic E-state index is -1.62. The van der Waals surface area contributed by atoms with Crippen LogP contribution in [0.2, 0.25) is 0 Å². The number of hydrogen-bond acceptors (Lipinski definition) is 6. The largest absolute Gasteiger partial charge is 0.507 e. The molecule has 0 radical (unpaired) electrons. The van der Waals surface area contributed by atoms with Gasteiger partial charge in [0.15, 0.2) is 17.6 Å². The summed E-state index contributed by atoms with van der Waals surface area (Å²) in [5.74, 6) is -0.624. The molecule has 0 saturated heterocycles. The predicted molar refractivity (Wildman–Crippen MR) is 70.5 cm³/mol. The Morgan fingerprint density at radius 3 is 2.53 bits per heavy atom. The van der Waals surface area contributed by atoms with E-state index in [2.05, 4.69) is 15.9 Å². The molecule has 7 heteroatoms. The van der Waals surface area contributed by atoms with Crippen LogP contribution in [0.5, 0.6) is 17.2 Å². The van der Waals surface area contributed by atoms with Gasteiger partial charge in [0.1, 0.15) is 5.75 Å². The number of aromatic hydroxyl groups is 1. The van der Waals surface area contributed by atoms with E-state index in [1.54, 1.807) is 6.92 Å². The fourth-order valence-electron chi connectivity index (χ4n) is 1.55. The third-order valence-corrected chi connectivity index (χ3v) is 3.20. The lowest BCUT2D eigenvalue weighted by Gasteiger charge is -2.17. The molecule has 1 rings (SSSR count). The third-order valence-electron chi connectivity index (χ3n) is 2.41. The van der Waals surface area contributed by atoms with Gasteiger partial charge in [-0.15, -0.1) is 0 Å². The number of hydrogen-bond donors (Lipinski definition) is 2. The quantitative estimate of drug-likeness (QED) is 0.798. The molecule has 0 aliphatic carbocycles. The highest BCUT2D eigenvalue weighted by atomic mass is 79.9. The highest BCUT2D eigenvalue weighted by Crippen LogP contribution is 2.45. The minimum absolute atomic E-state index is 0.0314. The maximum atomic E-state index is 11.5. The number of esters is 1. The lowest BCUT2D eigenvalue weighted by molar-refractivity contribution is -0.153. The van der Waals surface area contributed by atoms with Crippen LogP contribution in [-0.2, 0) is 9.53 Å². The second-order valence-electron chi connectivity index (χ2n) is 3.51. The molecule has 0 amide bonds. The van der Waals surface area contributed by atoms with Gasteiger partial charge in [-0.1, -0.05) is 0 Å². The Kier molecular flexibility index (Phi) is 5.44. The molecule has 0 aliphatic heterocycles. The summed E-state index contributed by atoms with van der Waals surface area (Å²) in [5.41, 5.74) is -0.0314. The Morgan fingerprint density at radius 1 is 1.42 bits per heavy atom. The normalized spacial score (nSPS) is 11.8. The molecule has 0 aliphatic rings. The van der Waals surface area contributed by atoms with Gasteiger partial charge in [0.2, 0.25) is 0 Å². The second-order valence-corrected chi connectivity index (χ2v) is 4.31. The molecule has 0 fully saturated rings. The van der Waals surface area contributed by atoms with Crippen molar-refractivity contribution < 1.29 is 29.2 Å². The molecule has 0 bridgehead atoms. The van der Waals surface area contributed by atoms with Gasteiger partial charge in [-0.3, -0.25) is 0 Å². The molecule has 106 valence electrons. The fraction of sp³-hybridized carbons (Fsp3) is 0.417. The van der Waals surface area contributed by atoms with E-state index in [0.717, 1.165) is 0 Å². The standard InChI is InChI=1S/C12H15BrO6/c1-4-19-12(16)10(15)8-6(14)5-7(17-2)11(18-3)9(8)13/h5,10,14-15H,4H2,1-3H3. The summed E-state index contributed by atoms with van der Waals surface area (Å²) in [6.07, 6.45) is -1.62. The van der Waals surface area contributed by atoms with Crippen molar-refractivity contribution in [3.8, 4) is 17.2 Å². The lowest BCUT2D eigenvalue weighted by atomic mass is 10.1. The Balaban J connectivity index is 3.32. The van der Waals surface area contributed by atoms with Crippen molar-refractivity contribution in [2.45, 2.75) is 13.0 Å². The predicted octanol–water partition coefficient (Wildman–Crippen LogP) is 1.77. The number of carbonyl (C=O) groups is 1. The Morgan fingerprint density at radius 2 is 2.05 bits per heavy atom. The summed E-state index contributed by atoms with van der Waals surface area (Å²) >= 11 is 3.17. The van der Waals surface area contributed by atoms with Gasteiger partial charge >= 0.3 is 5.97 Å². The number of aliphatic hydroxyl groups excluding tert-OH is 1. The molecule has 0 heterocycles. The average Bonchev–Trinajstić information content (AvgIpc) is 2.38. The highest BCUT2D eigenvalue weighted by molar-refractivity contribution is 9.10. The summed E-state index contributed by atoms with van der Waals surface area (Å²) < 4.78 is 15.1. The lowest BCUT2D eigenvalue weighted by Crippen LogP contribution is -2.16. The second kappa shape index (κ2) is 6.63. The third kappa shape index (κ3) is 3.10. The molecule has 2 N–H and O–H groups in total. The molecule has 0 spiro atoms. The number of methoxy groups -OCH3 is 2. The van der Waals surface area contributed by atoms with E-state index >= 15 is 0 Å². The number of carbonyl (C=O) groups excluding carboxylic acids is 1. The monoisotopic (exact) mass is 334 g/mol. The van der Waals surface area contributed by atoms with Gasteiger partial charge in [0, 0.05) is 6.07 Å². The van der Waals surface area contributed by atoms with Gasteiger partial charge in [0.05, 0.1) is 30.9 Å². The number of ether oxygens (including phenoxy) is 3. The van der Waals surface area contributed by atoms with Crippen LogP contribution in [0.1, 0.15) is 18.6 Å². The van der Waals surface area contributed by atoms with Gasteiger partial charge < -0.3 is 24.4 Å². The van der Waals surface area contributed by atoms with Crippen molar-refractivity contribution in [3.63, 3.8) is 0 Å². The first-order valence-corrected chi connectivity index (χ1v) is 6.25. The highest BCUT2D eigenvalue weighted by Gasteiger charge is 2.28. The van der Waals surface area contributed by atoms with Crippen molar-refractivity contribution in [2.75, 3.05) is 20.8 Å². The van der Waals surface area contributed by atoms with Crippen LogP contribution in [0, 0.1) is 0 Å². The average molecular weight is 335 g/mol.